The molecule has 1 amide bonds. The lowest BCUT2D eigenvalue weighted by Gasteiger charge is -2.20. The van der Waals surface area contributed by atoms with Gasteiger partial charge >= 0.3 is 0 Å². The molecule has 0 aromatic heterocycles. The SMILES string of the molecule is COc1ccc(CN(C)CC(=O)Nc2ccccc2SC)c(OC)c1OC. The van der Waals surface area contributed by atoms with Crippen LogP contribution in [0.1, 0.15) is 5.56 Å². The number of thioether (sulfide) groups is 1. The maximum Gasteiger partial charge on any atom is 0.238 e. The van der Waals surface area contributed by atoms with Crippen LogP contribution in [0.4, 0.5) is 5.69 Å². The zero-order valence-corrected chi connectivity index (χ0v) is 17.2. The average Bonchev–Trinajstić information content (AvgIpc) is 2.67. The summed E-state index contributed by atoms with van der Waals surface area (Å²) in [5.74, 6) is 1.69. The number of ether oxygens (including phenoxy) is 3. The summed E-state index contributed by atoms with van der Waals surface area (Å²) in [7, 11) is 6.63. The van der Waals surface area contributed by atoms with Crippen molar-refractivity contribution in [2.75, 3.05) is 46.5 Å². The van der Waals surface area contributed by atoms with Crippen molar-refractivity contribution < 1.29 is 19.0 Å². The van der Waals surface area contributed by atoms with Gasteiger partial charge < -0.3 is 19.5 Å². The number of likely N-dealkylation sites (N-methyl/N-ethyl adjacent to an activating group) is 1. The van der Waals surface area contributed by atoms with Crippen LogP contribution in [-0.2, 0) is 11.3 Å². The maximum atomic E-state index is 12.4. The van der Waals surface area contributed by atoms with Crippen LogP contribution in [0.25, 0.3) is 0 Å². The van der Waals surface area contributed by atoms with Gasteiger partial charge in [-0.2, -0.15) is 0 Å². The molecule has 0 bridgehead atoms. The molecule has 0 aliphatic rings. The number of anilines is 1. The molecule has 0 atom stereocenters. The highest BCUT2D eigenvalue weighted by Gasteiger charge is 2.18. The van der Waals surface area contributed by atoms with Crippen molar-refractivity contribution in [2.24, 2.45) is 0 Å². The third kappa shape index (κ3) is 5.30. The van der Waals surface area contributed by atoms with Crippen LogP contribution < -0.4 is 19.5 Å². The molecular formula is C20H26N2O4S. The molecule has 2 aromatic rings. The van der Waals surface area contributed by atoms with Gasteiger partial charge in [-0.05, 0) is 31.5 Å². The number of hydrogen-bond acceptors (Lipinski definition) is 6. The summed E-state index contributed by atoms with van der Waals surface area (Å²) in [6.07, 6.45) is 1.99. The third-order valence-electron chi connectivity index (χ3n) is 4.02. The fraction of sp³-hybridized carbons (Fsp3) is 0.350. The van der Waals surface area contributed by atoms with Crippen molar-refractivity contribution in [1.82, 2.24) is 4.90 Å². The molecule has 0 radical (unpaired) electrons. The largest absolute Gasteiger partial charge is 0.493 e. The number of benzene rings is 2. The average molecular weight is 391 g/mol. The van der Waals surface area contributed by atoms with Crippen LogP contribution in [-0.4, -0.2) is 52.0 Å². The number of hydrogen-bond donors (Lipinski definition) is 1. The van der Waals surface area contributed by atoms with Crippen LogP contribution in [0.3, 0.4) is 0 Å². The molecule has 0 aliphatic heterocycles. The molecule has 0 spiro atoms. The van der Waals surface area contributed by atoms with Crippen LogP contribution in [0, 0.1) is 0 Å². The first-order valence-electron chi connectivity index (χ1n) is 8.43. The Balaban J connectivity index is 2.07. The first-order valence-corrected chi connectivity index (χ1v) is 9.65. The summed E-state index contributed by atoms with van der Waals surface area (Å²) in [6.45, 7) is 0.779. The second-order valence-electron chi connectivity index (χ2n) is 5.91. The Morgan fingerprint density at radius 3 is 2.37 bits per heavy atom. The van der Waals surface area contributed by atoms with E-state index < -0.39 is 0 Å². The molecule has 146 valence electrons. The predicted molar refractivity (Wildman–Crippen MR) is 109 cm³/mol. The molecule has 2 rings (SSSR count). The van der Waals surface area contributed by atoms with Crippen molar-refractivity contribution >= 4 is 23.4 Å². The zero-order chi connectivity index (χ0) is 19.8. The summed E-state index contributed by atoms with van der Waals surface area (Å²) in [6, 6.07) is 11.5. The van der Waals surface area contributed by atoms with E-state index in [1.165, 1.54) is 0 Å². The van der Waals surface area contributed by atoms with Crippen molar-refractivity contribution in [1.29, 1.82) is 0 Å². The molecular weight excluding hydrogens is 364 g/mol. The fourth-order valence-corrected chi connectivity index (χ4v) is 3.37. The van der Waals surface area contributed by atoms with E-state index in [0.717, 1.165) is 16.1 Å². The lowest BCUT2D eigenvalue weighted by molar-refractivity contribution is -0.117. The standard InChI is InChI=1S/C20H26N2O4S/c1-22(13-18(23)21-15-8-6-7-9-17(15)27-5)12-14-10-11-16(24-2)20(26-4)19(14)25-3/h6-11H,12-13H2,1-5H3,(H,21,23). The third-order valence-corrected chi connectivity index (χ3v) is 4.82. The highest BCUT2D eigenvalue weighted by Crippen LogP contribution is 2.40. The van der Waals surface area contributed by atoms with E-state index in [-0.39, 0.29) is 12.5 Å². The van der Waals surface area contributed by atoms with Crippen molar-refractivity contribution in [2.45, 2.75) is 11.4 Å². The van der Waals surface area contributed by atoms with E-state index in [1.807, 2.05) is 54.6 Å². The van der Waals surface area contributed by atoms with E-state index in [9.17, 15) is 4.79 Å². The lowest BCUT2D eigenvalue weighted by Crippen LogP contribution is -2.30. The number of nitrogens with zero attached hydrogens (tertiary/aromatic N) is 1. The molecule has 0 heterocycles. The van der Waals surface area contributed by atoms with Gasteiger partial charge in [0.1, 0.15) is 0 Å². The van der Waals surface area contributed by atoms with Gasteiger partial charge in [0.2, 0.25) is 11.7 Å². The van der Waals surface area contributed by atoms with Gasteiger partial charge in [0, 0.05) is 17.0 Å². The second kappa shape index (κ2) is 10.1. The highest BCUT2D eigenvalue weighted by atomic mass is 32.2. The summed E-state index contributed by atoms with van der Waals surface area (Å²) in [5, 5.41) is 2.97. The Hall–Kier alpha value is -2.38. The normalized spacial score (nSPS) is 10.6. The molecule has 0 saturated carbocycles. The fourth-order valence-electron chi connectivity index (χ4n) is 2.82. The summed E-state index contributed by atoms with van der Waals surface area (Å²) < 4.78 is 16.2. The first kappa shape index (κ1) is 20.9. The highest BCUT2D eigenvalue weighted by molar-refractivity contribution is 7.98. The van der Waals surface area contributed by atoms with Gasteiger partial charge in [-0.25, -0.2) is 0 Å². The van der Waals surface area contributed by atoms with Crippen LogP contribution >= 0.6 is 11.8 Å². The van der Waals surface area contributed by atoms with Crippen LogP contribution in [0.2, 0.25) is 0 Å². The minimum Gasteiger partial charge on any atom is -0.493 e. The number of para-hydroxylation sites is 1. The molecule has 0 unspecified atom stereocenters. The molecule has 6 nitrogen and oxygen atoms in total. The van der Waals surface area contributed by atoms with E-state index in [0.29, 0.717) is 23.8 Å². The van der Waals surface area contributed by atoms with Gasteiger partial charge in [0.15, 0.2) is 11.5 Å². The number of nitrogens with one attached hydrogen (secondary N) is 1. The molecule has 0 saturated heterocycles. The minimum absolute atomic E-state index is 0.0709. The Bertz CT molecular complexity index is 783. The number of rotatable bonds is 9. The molecule has 2 aromatic carbocycles. The smallest absolute Gasteiger partial charge is 0.238 e. The number of amides is 1. The Morgan fingerprint density at radius 1 is 1.04 bits per heavy atom. The van der Waals surface area contributed by atoms with Gasteiger partial charge in [-0.15, -0.1) is 11.8 Å². The number of methoxy groups -OCH3 is 3. The Morgan fingerprint density at radius 2 is 1.74 bits per heavy atom. The van der Waals surface area contributed by atoms with Crippen LogP contribution in [0.5, 0.6) is 17.2 Å². The van der Waals surface area contributed by atoms with Gasteiger partial charge in [0.05, 0.1) is 33.6 Å². The van der Waals surface area contributed by atoms with Gasteiger partial charge in [0.25, 0.3) is 0 Å². The molecule has 7 heteroatoms. The van der Waals surface area contributed by atoms with Gasteiger partial charge in [-0.3, -0.25) is 9.69 Å². The van der Waals surface area contributed by atoms with Crippen LogP contribution in [0.15, 0.2) is 41.3 Å². The quantitative estimate of drug-likeness (QED) is 0.661. The predicted octanol–water partition coefficient (Wildman–Crippen LogP) is 3.50. The van der Waals surface area contributed by atoms with E-state index >= 15 is 0 Å². The van der Waals surface area contributed by atoms with E-state index in [2.05, 4.69) is 5.32 Å². The number of carbonyl (C=O) groups excluding carboxylic acids is 1. The summed E-state index contributed by atoms with van der Waals surface area (Å²) in [4.78, 5) is 15.4. The molecule has 1 N–H and O–H groups in total. The van der Waals surface area contributed by atoms with E-state index in [4.69, 9.17) is 14.2 Å². The minimum atomic E-state index is -0.0709. The second-order valence-corrected chi connectivity index (χ2v) is 6.76. The monoisotopic (exact) mass is 390 g/mol. The number of carbonyl (C=O) groups is 1. The summed E-state index contributed by atoms with van der Waals surface area (Å²) in [5.41, 5.74) is 1.74. The van der Waals surface area contributed by atoms with Crippen molar-refractivity contribution in [3.63, 3.8) is 0 Å². The Kier molecular flexibility index (Phi) is 7.82. The first-order chi connectivity index (χ1) is 13.0. The molecule has 0 fully saturated rings. The molecule has 27 heavy (non-hydrogen) atoms. The Labute approximate surface area is 164 Å². The lowest BCUT2D eigenvalue weighted by atomic mass is 10.1. The molecule has 0 aliphatic carbocycles. The van der Waals surface area contributed by atoms with Crippen molar-refractivity contribution in [3.8, 4) is 17.2 Å². The van der Waals surface area contributed by atoms with Crippen molar-refractivity contribution in [3.05, 3.63) is 42.0 Å². The van der Waals surface area contributed by atoms with E-state index in [1.54, 1.807) is 33.1 Å². The summed E-state index contributed by atoms with van der Waals surface area (Å²) >= 11 is 1.60. The zero-order valence-electron chi connectivity index (χ0n) is 16.4. The topological polar surface area (TPSA) is 60.0 Å². The maximum absolute atomic E-state index is 12.4. The van der Waals surface area contributed by atoms with Gasteiger partial charge in [-0.1, -0.05) is 18.2 Å².